The first-order valence-electron chi connectivity index (χ1n) is 5.72. The van der Waals surface area contributed by atoms with Gasteiger partial charge in [-0.05, 0) is 19.4 Å². The second-order valence-corrected chi connectivity index (χ2v) is 3.64. The number of hydrogen-bond donors (Lipinski definition) is 0. The molecule has 0 heteroatoms. The molecule has 0 spiro atoms. The molecule has 1 aromatic carbocycles. The van der Waals surface area contributed by atoms with Gasteiger partial charge in [0.2, 0.25) is 0 Å². The van der Waals surface area contributed by atoms with E-state index in [1.807, 2.05) is 13.0 Å². The van der Waals surface area contributed by atoms with Crippen LogP contribution in [0.25, 0.3) is 6.08 Å². The normalized spacial score (nSPS) is 7.44. The molecule has 96 valence electrons. The zero-order valence-corrected chi connectivity index (χ0v) is 11.7. The molecule has 0 aromatic heterocycles. The Bertz CT molecular complexity index is 371. The Hall–Kier alpha value is -2.08. The lowest BCUT2D eigenvalue weighted by Gasteiger charge is -1.91. The predicted molar refractivity (Wildman–Crippen MR) is 86.7 cm³/mol. The Morgan fingerprint density at radius 2 is 1.33 bits per heavy atom. The molecule has 0 fully saturated rings. The van der Waals surface area contributed by atoms with Crippen molar-refractivity contribution in [2.24, 2.45) is 0 Å². The van der Waals surface area contributed by atoms with Crippen LogP contribution in [0.5, 0.6) is 0 Å². The van der Waals surface area contributed by atoms with Gasteiger partial charge in [0.05, 0.1) is 0 Å². The number of hydrogen-bond acceptors (Lipinski definition) is 0. The standard InChI is InChI=1S/C9H10.C5H8.C4H6/c1-3-9-6-4-8(2)5-7-9;1-4-5(2)3;1-3-4-2/h3-7H,1H2,2H3;4H,1-2H2,3H3;3-4H,1-2H2. The molecule has 0 nitrogen and oxygen atoms in total. The summed E-state index contributed by atoms with van der Waals surface area (Å²) in [4.78, 5) is 0. The molecule has 0 aliphatic rings. The fourth-order valence-corrected chi connectivity index (χ4v) is 0.703. The van der Waals surface area contributed by atoms with Crippen molar-refractivity contribution in [1.29, 1.82) is 0 Å². The summed E-state index contributed by atoms with van der Waals surface area (Å²) in [6.07, 6.45) is 6.85. The summed E-state index contributed by atoms with van der Waals surface area (Å²) in [7, 11) is 0. The smallest absolute Gasteiger partial charge is 0.0262 e. The molecule has 0 bridgehead atoms. The molecule has 0 heterocycles. The Morgan fingerprint density at radius 1 is 0.944 bits per heavy atom. The molecule has 0 atom stereocenters. The molecule has 0 aliphatic heterocycles. The number of benzene rings is 1. The maximum atomic E-state index is 3.66. The van der Waals surface area contributed by atoms with E-state index in [-0.39, 0.29) is 0 Å². The first kappa shape index (κ1) is 18.3. The van der Waals surface area contributed by atoms with Crippen molar-refractivity contribution < 1.29 is 0 Å². The fraction of sp³-hybridized carbons (Fsp3) is 0.111. The maximum absolute atomic E-state index is 3.66. The largest absolute Gasteiger partial charge is 0.0991 e. The first-order chi connectivity index (χ1) is 8.51. The molecule has 18 heavy (non-hydrogen) atoms. The quantitative estimate of drug-likeness (QED) is 0.590. The molecular formula is C18H24. The minimum atomic E-state index is 1.02. The summed E-state index contributed by atoms with van der Waals surface area (Å²) >= 11 is 0. The summed E-state index contributed by atoms with van der Waals surface area (Å²) in [6.45, 7) is 21.4. The van der Waals surface area contributed by atoms with E-state index in [2.05, 4.69) is 64.1 Å². The fourth-order valence-electron chi connectivity index (χ4n) is 0.703. The third-order valence-electron chi connectivity index (χ3n) is 1.83. The Morgan fingerprint density at radius 3 is 1.56 bits per heavy atom. The summed E-state index contributed by atoms with van der Waals surface area (Å²) < 4.78 is 0. The van der Waals surface area contributed by atoms with Crippen molar-refractivity contribution >= 4 is 6.08 Å². The Balaban J connectivity index is 0. The molecule has 0 saturated carbocycles. The van der Waals surface area contributed by atoms with Crippen molar-refractivity contribution in [3.63, 3.8) is 0 Å². The van der Waals surface area contributed by atoms with Crippen LogP contribution < -0.4 is 0 Å². The van der Waals surface area contributed by atoms with Crippen LogP contribution in [0, 0.1) is 6.92 Å². The van der Waals surface area contributed by atoms with Crippen LogP contribution in [0.4, 0.5) is 0 Å². The molecule has 0 aliphatic carbocycles. The summed E-state index contributed by atoms with van der Waals surface area (Å²) in [5, 5.41) is 0. The second kappa shape index (κ2) is 13.0. The Labute approximate surface area is 112 Å². The van der Waals surface area contributed by atoms with E-state index < -0.39 is 0 Å². The van der Waals surface area contributed by atoms with Gasteiger partial charge in [-0.2, -0.15) is 0 Å². The van der Waals surface area contributed by atoms with Gasteiger partial charge in [0.15, 0.2) is 0 Å². The average Bonchev–Trinajstić information content (AvgIpc) is 2.40. The van der Waals surface area contributed by atoms with Crippen molar-refractivity contribution in [1.82, 2.24) is 0 Å². The van der Waals surface area contributed by atoms with Crippen LogP contribution in [-0.2, 0) is 0 Å². The summed E-state index contributed by atoms with van der Waals surface area (Å²) in [5.74, 6) is 0. The predicted octanol–water partition coefficient (Wildman–Crippen LogP) is 5.74. The topological polar surface area (TPSA) is 0 Å². The third kappa shape index (κ3) is 13.9. The van der Waals surface area contributed by atoms with Gasteiger partial charge in [-0.3, -0.25) is 0 Å². The van der Waals surface area contributed by atoms with Crippen molar-refractivity contribution in [2.45, 2.75) is 13.8 Å². The molecule has 0 radical (unpaired) electrons. The minimum absolute atomic E-state index is 1.02. The summed E-state index contributed by atoms with van der Waals surface area (Å²) in [6, 6.07) is 8.28. The molecule has 0 N–H and O–H groups in total. The molecule has 1 aromatic rings. The van der Waals surface area contributed by atoms with E-state index in [0.717, 1.165) is 5.57 Å². The maximum Gasteiger partial charge on any atom is -0.0262 e. The summed E-state index contributed by atoms with van der Waals surface area (Å²) in [5.41, 5.74) is 3.49. The van der Waals surface area contributed by atoms with E-state index in [4.69, 9.17) is 0 Å². The van der Waals surface area contributed by atoms with Gasteiger partial charge in [0.1, 0.15) is 0 Å². The highest BCUT2D eigenvalue weighted by Crippen LogP contribution is 2.02. The van der Waals surface area contributed by atoms with Crippen LogP contribution in [0.1, 0.15) is 18.1 Å². The lowest BCUT2D eigenvalue weighted by atomic mass is 10.2. The van der Waals surface area contributed by atoms with E-state index in [1.165, 1.54) is 11.1 Å². The van der Waals surface area contributed by atoms with Crippen LogP contribution in [0.15, 0.2) is 81.0 Å². The highest BCUT2D eigenvalue weighted by molar-refractivity contribution is 5.46. The molecule has 1 rings (SSSR count). The van der Waals surface area contributed by atoms with Crippen molar-refractivity contribution in [2.75, 3.05) is 0 Å². The third-order valence-corrected chi connectivity index (χ3v) is 1.83. The molecular weight excluding hydrogens is 216 g/mol. The minimum Gasteiger partial charge on any atom is -0.0991 e. The van der Waals surface area contributed by atoms with Crippen molar-refractivity contribution in [3.05, 3.63) is 92.1 Å². The lowest BCUT2D eigenvalue weighted by Crippen LogP contribution is -1.71. The second-order valence-electron chi connectivity index (χ2n) is 3.64. The van der Waals surface area contributed by atoms with Crippen molar-refractivity contribution in [3.8, 4) is 0 Å². The van der Waals surface area contributed by atoms with Gasteiger partial charge in [-0.15, -0.1) is 0 Å². The van der Waals surface area contributed by atoms with Gasteiger partial charge in [0.25, 0.3) is 0 Å². The van der Waals surface area contributed by atoms with Crippen LogP contribution in [0.3, 0.4) is 0 Å². The van der Waals surface area contributed by atoms with Crippen LogP contribution in [0.2, 0.25) is 0 Å². The molecule has 0 amide bonds. The zero-order valence-electron chi connectivity index (χ0n) is 11.7. The van der Waals surface area contributed by atoms with Crippen LogP contribution in [-0.4, -0.2) is 0 Å². The lowest BCUT2D eigenvalue weighted by molar-refractivity contribution is 1.46. The average molecular weight is 240 g/mol. The Kier molecular flexibility index (Phi) is 13.2. The number of allylic oxidation sites excluding steroid dienone is 4. The van der Waals surface area contributed by atoms with E-state index >= 15 is 0 Å². The van der Waals surface area contributed by atoms with Gasteiger partial charge < -0.3 is 0 Å². The first-order valence-corrected chi connectivity index (χ1v) is 5.72. The number of rotatable bonds is 3. The molecule has 0 unspecified atom stereocenters. The van der Waals surface area contributed by atoms with E-state index in [1.54, 1.807) is 18.2 Å². The zero-order chi connectivity index (χ0) is 14.4. The highest BCUT2D eigenvalue weighted by Gasteiger charge is 1.82. The SMILES string of the molecule is C=CC(=C)C.C=CC=C.C=Cc1ccc(C)cc1. The van der Waals surface area contributed by atoms with E-state index in [9.17, 15) is 0 Å². The van der Waals surface area contributed by atoms with E-state index in [0.29, 0.717) is 0 Å². The van der Waals surface area contributed by atoms with Gasteiger partial charge in [0, 0.05) is 0 Å². The van der Waals surface area contributed by atoms with Gasteiger partial charge in [-0.25, -0.2) is 0 Å². The van der Waals surface area contributed by atoms with Gasteiger partial charge in [-0.1, -0.05) is 92.6 Å². The highest BCUT2D eigenvalue weighted by atomic mass is 13.9. The van der Waals surface area contributed by atoms with Gasteiger partial charge >= 0.3 is 0 Å². The molecule has 0 saturated heterocycles. The number of aryl methyl sites for hydroxylation is 1. The monoisotopic (exact) mass is 240 g/mol. The van der Waals surface area contributed by atoms with Crippen LogP contribution >= 0.6 is 0 Å².